The normalized spacial score (nSPS) is 9.33. The van der Waals surface area contributed by atoms with Crippen LogP contribution in [0.5, 0.6) is 0 Å². The van der Waals surface area contributed by atoms with E-state index in [9.17, 15) is 0 Å². The van der Waals surface area contributed by atoms with Crippen LogP contribution in [0.3, 0.4) is 0 Å². The molecular formula is C10H14Cl2. The molecule has 0 fully saturated rings. The first-order valence-corrected chi connectivity index (χ1v) is 4.55. The van der Waals surface area contributed by atoms with Gasteiger partial charge in [-0.3, -0.25) is 0 Å². The van der Waals surface area contributed by atoms with Crippen LogP contribution < -0.4 is 0 Å². The molecule has 0 saturated carbocycles. The maximum Gasteiger partial charge on any atom is 0.0360 e. The Kier molecular flexibility index (Phi) is 5.36. The van der Waals surface area contributed by atoms with Crippen molar-refractivity contribution in [2.24, 2.45) is 0 Å². The van der Waals surface area contributed by atoms with Crippen LogP contribution in [0.4, 0.5) is 0 Å². The molecule has 0 amide bonds. The molecule has 68 valence electrons. The molecule has 0 aromatic carbocycles. The first-order chi connectivity index (χ1) is 5.45. The van der Waals surface area contributed by atoms with Crippen LogP contribution >= 0.6 is 23.2 Å². The van der Waals surface area contributed by atoms with Gasteiger partial charge in [-0.1, -0.05) is 41.9 Å². The summed E-state index contributed by atoms with van der Waals surface area (Å²) in [6, 6.07) is 0. The minimum absolute atomic E-state index is 0.522. The molecule has 0 bridgehead atoms. The van der Waals surface area contributed by atoms with Gasteiger partial charge >= 0.3 is 0 Å². The molecular weight excluding hydrogens is 191 g/mol. The lowest BCUT2D eigenvalue weighted by molar-refractivity contribution is 0.977. The highest BCUT2D eigenvalue weighted by molar-refractivity contribution is 6.31. The molecule has 0 spiro atoms. The molecule has 0 atom stereocenters. The summed E-state index contributed by atoms with van der Waals surface area (Å²) in [5, 5.41) is 1.40. The fourth-order valence-electron chi connectivity index (χ4n) is 0.646. The Hall–Kier alpha value is -0.200. The quantitative estimate of drug-likeness (QED) is 0.588. The van der Waals surface area contributed by atoms with E-state index in [-0.39, 0.29) is 0 Å². The van der Waals surface area contributed by atoms with E-state index in [1.165, 1.54) is 0 Å². The van der Waals surface area contributed by atoms with Crippen molar-refractivity contribution in [1.82, 2.24) is 0 Å². The lowest BCUT2D eigenvalue weighted by Crippen LogP contribution is -1.83. The van der Waals surface area contributed by atoms with Gasteiger partial charge in [-0.25, -0.2) is 0 Å². The van der Waals surface area contributed by atoms with Crippen molar-refractivity contribution in [3.63, 3.8) is 0 Å². The molecule has 0 nitrogen and oxygen atoms in total. The van der Waals surface area contributed by atoms with Crippen LogP contribution in [0.2, 0.25) is 0 Å². The van der Waals surface area contributed by atoms with Gasteiger partial charge in [0, 0.05) is 10.1 Å². The summed E-state index contributed by atoms with van der Waals surface area (Å²) >= 11 is 11.6. The summed E-state index contributed by atoms with van der Waals surface area (Å²) in [5.41, 5.74) is 2.00. The molecule has 0 aromatic heterocycles. The van der Waals surface area contributed by atoms with Crippen LogP contribution in [-0.4, -0.2) is 0 Å². The Morgan fingerprint density at radius 2 is 1.58 bits per heavy atom. The van der Waals surface area contributed by atoms with Gasteiger partial charge in [-0.2, -0.15) is 0 Å². The molecule has 0 aliphatic carbocycles. The zero-order chi connectivity index (χ0) is 9.72. The number of hydrogen-bond donors (Lipinski definition) is 0. The van der Waals surface area contributed by atoms with Gasteiger partial charge in [0.05, 0.1) is 0 Å². The fourth-order valence-corrected chi connectivity index (χ4v) is 0.835. The van der Waals surface area contributed by atoms with Gasteiger partial charge in [0.2, 0.25) is 0 Å². The first-order valence-electron chi connectivity index (χ1n) is 3.79. The summed E-state index contributed by atoms with van der Waals surface area (Å²) in [6.45, 7) is 11.3. The Labute approximate surface area is 84.6 Å². The molecule has 0 rings (SSSR count). The molecule has 0 radical (unpaired) electrons. The van der Waals surface area contributed by atoms with Gasteiger partial charge in [0.1, 0.15) is 0 Å². The predicted molar refractivity (Wildman–Crippen MR) is 57.6 cm³/mol. The summed E-state index contributed by atoms with van der Waals surface area (Å²) in [4.78, 5) is 0. The average Bonchev–Trinajstić information content (AvgIpc) is 1.98. The molecule has 0 aliphatic heterocycles. The third-order valence-electron chi connectivity index (χ3n) is 1.57. The zero-order valence-corrected chi connectivity index (χ0v) is 9.10. The van der Waals surface area contributed by atoms with Gasteiger partial charge in [0.25, 0.3) is 0 Å². The van der Waals surface area contributed by atoms with Crippen molar-refractivity contribution < 1.29 is 0 Å². The minimum Gasteiger partial charge on any atom is -0.0944 e. The molecule has 0 saturated heterocycles. The summed E-state index contributed by atoms with van der Waals surface area (Å²) in [5.74, 6) is 0. The molecule has 12 heavy (non-hydrogen) atoms. The van der Waals surface area contributed by atoms with E-state index in [2.05, 4.69) is 13.2 Å². The van der Waals surface area contributed by atoms with Crippen LogP contribution in [0.15, 0.2) is 34.4 Å². The van der Waals surface area contributed by atoms with E-state index in [0.29, 0.717) is 5.03 Å². The molecule has 2 heteroatoms. The zero-order valence-electron chi connectivity index (χ0n) is 7.58. The number of rotatable bonds is 4. The molecule has 0 heterocycles. The van der Waals surface area contributed by atoms with Crippen LogP contribution in [0, 0.1) is 0 Å². The van der Waals surface area contributed by atoms with E-state index >= 15 is 0 Å². The first kappa shape index (κ1) is 11.8. The number of hydrogen-bond acceptors (Lipinski definition) is 0. The Morgan fingerprint density at radius 3 is 1.92 bits per heavy atom. The third-order valence-corrected chi connectivity index (χ3v) is 2.41. The highest BCUT2D eigenvalue weighted by atomic mass is 35.5. The third kappa shape index (κ3) is 4.63. The monoisotopic (exact) mass is 204 g/mol. The topological polar surface area (TPSA) is 0 Å². The highest BCUT2D eigenvalue weighted by Gasteiger charge is 1.99. The van der Waals surface area contributed by atoms with E-state index in [4.69, 9.17) is 23.2 Å². The van der Waals surface area contributed by atoms with Gasteiger partial charge in [0.15, 0.2) is 0 Å². The standard InChI is InChI=1S/C10H14Cl2/c1-7(2)10(12)6-5-8(3)9(4)11/h3-6H2,1-2H3. The van der Waals surface area contributed by atoms with E-state index in [1.54, 1.807) is 0 Å². The van der Waals surface area contributed by atoms with Gasteiger partial charge in [-0.05, 0) is 32.3 Å². The summed E-state index contributed by atoms with van der Waals surface area (Å²) < 4.78 is 0. The second kappa shape index (κ2) is 5.45. The SMILES string of the molecule is C=C(Cl)C(=C)CCC(Cl)=C(C)C. The van der Waals surface area contributed by atoms with Crippen molar-refractivity contribution in [3.8, 4) is 0 Å². The second-order valence-electron chi connectivity index (χ2n) is 2.91. The maximum atomic E-state index is 5.93. The largest absolute Gasteiger partial charge is 0.0944 e. The van der Waals surface area contributed by atoms with Gasteiger partial charge in [-0.15, -0.1) is 0 Å². The molecule has 0 aliphatic rings. The van der Waals surface area contributed by atoms with Crippen LogP contribution in [0.25, 0.3) is 0 Å². The van der Waals surface area contributed by atoms with Crippen molar-refractivity contribution in [3.05, 3.63) is 34.4 Å². The lowest BCUT2D eigenvalue weighted by Gasteiger charge is -2.03. The lowest BCUT2D eigenvalue weighted by atomic mass is 10.1. The fraction of sp³-hybridized carbons (Fsp3) is 0.400. The van der Waals surface area contributed by atoms with Crippen molar-refractivity contribution in [2.45, 2.75) is 26.7 Å². The number of halogens is 2. The minimum atomic E-state index is 0.522. The van der Waals surface area contributed by atoms with Gasteiger partial charge < -0.3 is 0 Å². The summed E-state index contributed by atoms with van der Waals surface area (Å²) in [7, 11) is 0. The number of allylic oxidation sites excluding steroid dienone is 4. The van der Waals surface area contributed by atoms with Crippen LogP contribution in [0.1, 0.15) is 26.7 Å². The van der Waals surface area contributed by atoms with E-state index < -0.39 is 0 Å². The van der Waals surface area contributed by atoms with E-state index in [0.717, 1.165) is 29.0 Å². The Bertz CT molecular complexity index is 220. The maximum absolute atomic E-state index is 5.93. The molecule has 0 aromatic rings. The average molecular weight is 205 g/mol. The Morgan fingerprint density at radius 1 is 1.08 bits per heavy atom. The van der Waals surface area contributed by atoms with Crippen molar-refractivity contribution in [1.29, 1.82) is 0 Å². The van der Waals surface area contributed by atoms with E-state index in [1.807, 2.05) is 13.8 Å². The molecule has 0 N–H and O–H groups in total. The molecule has 0 unspecified atom stereocenters. The Balaban J connectivity index is 3.94. The summed E-state index contributed by atoms with van der Waals surface area (Å²) in [6.07, 6.45) is 1.58. The van der Waals surface area contributed by atoms with Crippen molar-refractivity contribution in [2.75, 3.05) is 0 Å². The predicted octanol–water partition coefficient (Wildman–Crippen LogP) is 4.61. The smallest absolute Gasteiger partial charge is 0.0360 e. The second-order valence-corrected chi connectivity index (χ2v) is 3.83. The van der Waals surface area contributed by atoms with Crippen molar-refractivity contribution >= 4 is 23.2 Å². The highest BCUT2D eigenvalue weighted by Crippen LogP contribution is 2.22. The van der Waals surface area contributed by atoms with Crippen LogP contribution in [-0.2, 0) is 0 Å².